The van der Waals surface area contributed by atoms with Crippen molar-refractivity contribution in [3.05, 3.63) is 53.9 Å². The number of methoxy groups -OCH3 is 1. The summed E-state index contributed by atoms with van der Waals surface area (Å²) in [7, 11) is 1.60. The summed E-state index contributed by atoms with van der Waals surface area (Å²) in [4.78, 5) is 19.3. The first kappa shape index (κ1) is 16.4. The molecule has 0 spiro atoms. The van der Waals surface area contributed by atoms with Gasteiger partial charge in [-0.05, 0) is 43.2 Å². The monoisotopic (exact) mass is 351 g/mol. The number of likely N-dealkylation sites (tertiary alicyclic amines) is 1. The molecule has 0 bridgehead atoms. The molecular weight excluding hydrogens is 330 g/mol. The van der Waals surface area contributed by atoms with Gasteiger partial charge < -0.3 is 15.4 Å². The largest absolute Gasteiger partial charge is 0.497 e. The molecule has 2 N–H and O–H groups in total. The fourth-order valence-electron chi connectivity index (χ4n) is 3.53. The van der Waals surface area contributed by atoms with E-state index >= 15 is 0 Å². The number of carbonyl (C=O) groups excluding carboxylic acids is 1. The molecule has 1 fully saturated rings. The molecule has 2 aromatic heterocycles. The Kier molecular flexibility index (Phi) is 4.20. The molecule has 3 aromatic rings. The molecule has 1 aromatic carbocycles. The van der Waals surface area contributed by atoms with Crippen LogP contribution in [-0.4, -0.2) is 45.6 Å². The second-order valence-corrected chi connectivity index (χ2v) is 6.53. The van der Waals surface area contributed by atoms with E-state index in [4.69, 9.17) is 10.5 Å². The van der Waals surface area contributed by atoms with Crippen LogP contribution in [0.25, 0.3) is 5.52 Å². The number of nitrogens with two attached hydrogens (primary N) is 1. The quantitative estimate of drug-likeness (QED) is 0.783. The van der Waals surface area contributed by atoms with E-state index in [1.54, 1.807) is 23.9 Å². The van der Waals surface area contributed by atoms with Gasteiger partial charge in [-0.15, -0.1) is 0 Å². The maximum Gasteiger partial charge on any atom is 0.254 e. The second-order valence-electron chi connectivity index (χ2n) is 6.53. The van der Waals surface area contributed by atoms with Gasteiger partial charge in [-0.3, -0.25) is 4.79 Å². The minimum atomic E-state index is 0.0204. The lowest BCUT2D eigenvalue weighted by Crippen LogP contribution is -2.39. The molecule has 0 aliphatic carbocycles. The van der Waals surface area contributed by atoms with Gasteiger partial charge in [-0.1, -0.05) is 6.07 Å². The Morgan fingerprint density at radius 2 is 2.19 bits per heavy atom. The predicted octanol–water partition coefficient (Wildman–Crippen LogP) is 2.34. The van der Waals surface area contributed by atoms with Crippen molar-refractivity contribution in [3.63, 3.8) is 0 Å². The van der Waals surface area contributed by atoms with Crippen LogP contribution in [0.3, 0.4) is 0 Å². The first-order valence-corrected chi connectivity index (χ1v) is 8.69. The lowest BCUT2D eigenvalue weighted by Gasteiger charge is -2.32. The van der Waals surface area contributed by atoms with Gasteiger partial charge in [-0.25, -0.2) is 9.50 Å². The first-order chi connectivity index (χ1) is 12.7. The van der Waals surface area contributed by atoms with Gasteiger partial charge in [0, 0.05) is 24.6 Å². The van der Waals surface area contributed by atoms with Crippen molar-refractivity contribution >= 4 is 17.4 Å². The molecule has 1 saturated heterocycles. The molecule has 1 aliphatic rings. The third kappa shape index (κ3) is 2.96. The molecular formula is C19H21N5O2. The summed E-state index contributed by atoms with van der Waals surface area (Å²) in [5.74, 6) is 1.25. The maximum atomic E-state index is 12.9. The number of anilines is 1. The molecule has 1 atom stereocenters. The van der Waals surface area contributed by atoms with Crippen molar-refractivity contribution in [2.75, 3.05) is 25.9 Å². The van der Waals surface area contributed by atoms with E-state index in [9.17, 15) is 4.79 Å². The Balaban J connectivity index is 1.57. The summed E-state index contributed by atoms with van der Waals surface area (Å²) >= 11 is 0. The average molecular weight is 351 g/mol. The van der Waals surface area contributed by atoms with E-state index in [0.717, 1.165) is 30.6 Å². The normalized spacial score (nSPS) is 17.4. The van der Waals surface area contributed by atoms with Crippen molar-refractivity contribution < 1.29 is 9.53 Å². The van der Waals surface area contributed by atoms with E-state index < -0.39 is 0 Å². The standard InChI is InChI=1S/C19H21N5O2/c1-26-16-6-2-4-13(10-16)18(25)23-9-3-5-14(12-23)17-11-15-7-8-21-24(15)19(20)22-17/h2,4,6-8,10-11,14H,3,5,9,12H2,1H3,(H2,20,22)/t14-/m0/s1. The Labute approximate surface area is 151 Å². The fourth-order valence-corrected chi connectivity index (χ4v) is 3.53. The van der Waals surface area contributed by atoms with Gasteiger partial charge in [-0.2, -0.15) is 5.10 Å². The number of rotatable bonds is 3. The number of amides is 1. The molecule has 0 radical (unpaired) electrons. The first-order valence-electron chi connectivity index (χ1n) is 8.69. The lowest BCUT2D eigenvalue weighted by atomic mass is 9.93. The van der Waals surface area contributed by atoms with Crippen LogP contribution in [0, 0.1) is 0 Å². The second kappa shape index (κ2) is 6.67. The van der Waals surface area contributed by atoms with Gasteiger partial charge in [0.2, 0.25) is 5.95 Å². The van der Waals surface area contributed by atoms with Gasteiger partial charge in [0.15, 0.2) is 0 Å². The molecule has 1 aliphatic heterocycles. The van der Waals surface area contributed by atoms with Crippen LogP contribution in [0.5, 0.6) is 5.75 Å². The number of hydrogen-bond acceptors (Lipinski definition) is 5. The van der Waals surface area contributed by atoms with E-state index in [1.165, 1.54) is 0 Å². The number of fused-ring (bicyclic) bond motifs is 1. The van der Waals surface area contributed by atoms with Crippen LogP contribution in [-0.2, 0) is 0 Å². The van der Waals surface area contributed by atoms with Crippen LogP contribution >= 0.6 is 0 Å². The summed E-state index contributed by atoms with van der Waals surface area (Å²) in [6.45, 7) is 1.38. The molecule has 7 nitrogen and oxygen atoms in total. The van der Waals surface area contributed by atoms with Crippen LogP contribution in [0.4, 0.5) is 5.95 Å². The Bertz CT molecular complexity index is 952. The molecule has 7 heteroatoms. The third-order valence-electron chi connectivity index (χ3n) is 4.87. The van der Waals surface area contributed by atoms with Crippen molar-refractivity contribution in [1.82, 2.24) is 19.5 Å². The van der Waals surface area contributed by atoms with Crippen molar-refractivity contribution in [2.24, 2.45) is 0 Å². The van der Waals surface area contributed by atoms with Crippen LogP contribution in [0.1, 0.15) is 34.8 Å². The summed E-state index contributed by atoms with van der Waals surface area (Å²) in [5, 5.41) is 4.16. The van der Waals surface area contributed by atoms with E-state index in [0.29, 0.717) is 23.8 Å². The molecule has 134 valence electrons. The molecule has 4 rings (SSSR count). The molecule has 1 amide bonds. The Hall–Kier alpha value is -3.09. The van der Waals surface area contributed by atoms with Crippen molar-refractivity contribution in [1.29, 1.82) is 0 Å². The van der Waals surface area contributed by atoms with E-state index in [2.05, 4.69) is 10.1 Å². The summed E-state index contributed by atoms with van der Waals surface area (Å²) in [6.07, 6.45) is 3.63. The van der Waals surface area contributed by atoms with E-state index in [-0.39, 0.29) is 11.8 Å². The highest BCUT2D eigenvalue weighted by atomic mass is 16.5. The number of piperidine rings is 1. The van der Waals surface area contributed by atoms with Crippen LogP contribution in [0.15, 0.2) is 42.6 Å². The zero-order valence-corrected chi connectivity index (χ0v) is 14.6. The number of benzene rings is 1. The van der Waals surface area contributed by atoms with Crippen LogP contribution < -0.4 is 10.5 Å². The zero-order chi connectivity index (χ0) is 18.1. The fraction of sp³-hybridized carbons (Fsp3) is 0.316. The maximum absolute atomic E-state index is 12.9. The number of nitrogen functional groups attached to an aromatic ring is 1. The smallest absolute Gasteiger partial charge is 0.254 e. The zero-order valence-electron chi connectivity index (χ0n) is 14.6. The predicted molar refractivity (Wildman–Crippen MR) is 98.3 cm³/mol. The molecule has 0 unspecified atom stereocenters. The highest BCUT2D eigenvalue weighted by Crippen LogP contribution is 2.28. The number of carbonyl (C=O) groups is 1. The minimum absolute atomic E-state index is 0.0204. The Morgan fingerprint density at radius 3 is 3.04 bits per heavy atom. The highest BCUT2D eigenvalue weighted by molar-refractivity contribution is 5.94. The summed E-state index contributed by atoms with van der Waals surface area (Å²) in [6, 6.07) is 11.2. The number of aromatic nitrogens is 3. The van der Waals surface area contributed by atoms with Gasteiger partial charge in [0.05, 0.1) is 24.5 Å². The van der Waals surface area contributed by atoms with Crippen molar-refractivity contribution in [3.8, 4) is 5.75 Å². The molecule has 3 heterocycles. The lowest BCUT2D eigenvalue weighted by molar-refractivity contribution is 0.0705. The number of ether oxygens (including phenoxy) is 1. The molecule has 0 saturated carbocycles. The van der Waals surface area contributed by atoms with Crippen molar-refractivity contribution in [2.45, 2.75) is 18.8 Å². The third-order valence-corrected chi connectivity index (χ3v) is 4.87. The molecule has 26 heavy (non-hydrogen) atoms. The van der Waals surface area contributed by atoms with Gasteiger partial charge in [0.25, 0.3) is 5.91 Å². The highest BCUT2D eigenvalue weighted by Gasteiger charge is 2.27. The van der Waals surface area contributed by atoms with Gasteiger partial charge in [0.1, 0.15) is 5.75 Å². The number of nitrogens with zero attached hydrogens (tertiary/aromatic N) is 4. The topological polar surface area (TPSA) is 85.8 Å². The SMILES string of the molecule is COc1cccc(C(=O)N2CCC[C@H](c3cc4ccnn4c(N)n3)C2)c1. The van der Waals surface area contributed by atoms with Crippen LogP contribution in [0.2, 0.25) is 0 Å². The Morgan fingerprint density at radius 1 is 1.31 bits per heavy atom. The van der Waals surface area contributed by atoms with E-state index in [1.807, 2.05) is 35.2 Å². The average Bonchev–Trinajstić information content (AvgIpc) is 3.17. The minimum Gasteiger partial charge on any atom is -0.497 e. The number of hydrogen-bond donors (Lipinski definition) is 1. The summed E-state index contributed by atoms with van der Waals surface area (Å²) in [5.41, 5.74) is 8.50. The van der Waals surface area contributed by atoms with Gasteiger partial charge >= 0.3 is 0 Å². The summed E-state index contributed by atoms with van der Waals surface area (Å²) < 4.78 is 6.84.